The number of aromatic hydroxyl groups is 1. The molecule has 1 aliphatic heterocycles. The number of rotatable bonds is 6. The van der Waals surface area contributed by atoms with Crippen LogP contribution in [-0.2, 0) is 0 Å². The van der Waals surface area contributed by atoms with E-state index >= 15 is 0 Å². The number of nitrogens with zero attached hydrogens (tertiary/aromatic N) is 5. The van der Waals surface area contributed by atoms with Crippen LogP contribution in [0.1, 0.15) is 24.3 Å². The van der Waals surface area contributed by atoms with Gasteiger partial charge in [0, 0.05) is 30.3 Å². The zero-order chi connectivity index (χ0) is 19.8. The first-order valence-electron chi connectivity index (χ1n) is 10.1. The molecule has 0 radical (unpaired) electrons. The van der Waals surface area contributed by atoms with Crippen molar-refractivity contribution in [3.05, 3.63) is 35.3 Å². The molecule has 3 heterocycles. The third-order valence-electron chi connectivity index (χ3n) is 5.60. The predicted molar refractivity (Wildman–Crippen MR) is 114 cm³/mol. The van der Waals surface area contributed by atoms with E-state index in [1.807, 2.05) is 31.2 Å². The molecule has 1 saturated heterocycles. The molecule has 0 spiro atoms. The van der Waals surface area contributed by atoms with Crippen LogP contribution in [0.5, 0.6) is 5.75 Å². The van der Waals surface area contributed by atoms with Gasteiger partial charge in [-0.15, -0.1) is 20.4 Å². The van der Waals surface area contributed by atoms with Crippen molar-refractivity contribution in [2.75, 3.05) is 24.5 Å². The number of nitrogens with one attached hydrogen (secondary N) is 1. The fourth-order valence-electron chi connectivity index (χ4n) is 3.72. The number of aromatic nitrogens is 4. The summed E-state index contributed by atoms with van der Waals surface area (Å²) in [5.74, 6) is 1.96. The van der Waals surface area contributed by atoms with Gasteiger partial charge in [0.2, 0.25) is 0 Å². The van der Waals surface area contributed by atoms with E-state index in [4.69, 9.17) is 0 Å². The molecule has 7 nitrogen and oxygen atoms in total. The van der Waals surface area contributed by atoms with Crippen molar-refractivity contribution >= 4 is 17.2 Å². The zero-order valence-electron chi connectivity index (χ0n) is 16.4. The van der Waals surface area contributed by atoms with Gasteiger partial charge in [-0.2, -0.15) is 0 Å². The maximum atomic E-state index is 10.5. The highest BCUT2D eigenvalue weighted by atomic mass is 32.1. The van der Waals surface area contributed by atoms with Crippen molar-refractivity contribution in [3.63, 3.8) is 0 Å². The summed E-state index contributed by atoms with van der Waals surface area (Å²) in [4.78, 5) is 2.28. The number of phenolic OH excluding ortho intramolecular Hbond substituents is 1. The first kappa shape index (κ1) is 18.4. The SMILES string of the molecule is Cc1nnc(-c2ccc(-c3ccc(N4CCC(NCC5CC5)C4)nn3)c(O)c2)s1. The fourth-order valence-corrected chi connectivity index (χ4v) is 4.41. The number of phenols is 1. The first-order valence-corrected chi connectivity index (χ1v) is 10.9. The molecule has 2 aliphatic rings. The number of aryl methyl sites for hydroxylation is 1. The maximum Gasteiger partial charge on any atom is 0.151 e. The minimum absolute atomic E-state index is 0.169. The Morgan fingerprint density at radius 3 is 2.69 bits per heavy atom. The number of anilines is 1. The van der Waals surface area contributed by atoms with Crippen LogP contribution in [0.4, 0.5) is 5.82 Å². The lowest BCUT2D eigenvalue weighted by molar-refractivity contribution is 0.477. The summed E-state index contributed by atoms with van der Waals surface area (Å²) in [6, 6.07) is 9.96. The van der Waals surface area contributed by atoms with Crippen LogP contribution in [0.3, 0.4) is 0 Å². The molecule has 1 unspecified atom stereocenters. The Bertz CT molecular complexity index is 1000. The summed E-state index contributed by atoms with van der Waals surface area (Å²) < 4.78 is 0. The van der Waals surface area contributed by atoms with Crippen LogP contribution in [0.15, 0.2) is 30.3 Å². The topological polar surface area (TPSA) is 87.1 Å². The monoisotopic (exact) mass is 408 g/mol. The molecule has 150 valence electrons. The van der Waals surface area contributed by atoms with E-state index in [1.165, 1.54) is 24.2 Å². The Labute approximate surface area is 173 Å². The Hall–Kier alpha value is -2.58. The normalized spacial score (nSPS) is 19.1. The molecule has 5 rings (SSSR count). The van der Waals surface area contributed by atoms with Gasteiger partial charge in [-0.3, -0.25) is 0 Å². The van der Waals surface area contributed by atoms with E-state index in [0.29, 0.717) is 17.3 Å². The van der Waals surface area contributed by atoms with Gasteiger partial charge in [-0.05, 0) is 62.9 Å². The van der Waals surface area contributed by atoms with E-state index in [1.54, 1.807) is 6.07 Å². The van der Waals surface area contributed by atoms with Crippen LogP contribution in [0, 0.1) is 12.8 Å². The molecule has 2 N–H and O–H groups in total. The van der Waals surface area contributed by atoms with Gasteiger partial charge in [0.15, 0.2) is 5.82 Å². The van der Waals surface area contributed by atoms with Crippen molar-refractivity contribution in [3.8, 4) is 27.6 Å². The van der Waals surface area contributed by atoms with Crippen LogP contribution >= 0.6 is 11.3 Å². The molecule has 1 saturated carbocycles. The number of benzene rings is 1. The van der Waals surface area contributed by atoms with Crippen molar-refractivity contribution in [1.82, 2.24) is 25.7 Å². The zero-order valence-corrected chi connectivity index (χ0v) is 17.2. The largest absolute Gasteiger partial charge is 0.507 e. The third kappa shape index (κ3) is 4.09. The Morgan fingerprint density at radius 1 is 1.10 bits per heavy atom. The predicted octanol–water partition coefficient (Wildman–Crippen LogP) is 3.25. The average Bonchev–Trinajstić information content (AvgIpc) is 3.26. The van der Waals surface area contributed by atoms with Gasteiger partial charge in [0.05, 0.1) is 5.69 Å². The molecule has 8 heteroatoms. The summed E-state index contributed by atoms with van der Waals surface area (Å²) in [6.07, 6.45) is 3.90. The molecule has 0 amide bonds. The summed E-state index contributed by atoms with van der Waals surface area (Å²) >= 11 is 1.50. The molecule has 2 fully saturated rings. The van der Waals surface area contributed by atoms with E-state index < -0.39 is 0 Å². The van der Waals surface area contributed by atoms with E-state index in [9.17, 15) is 5.11 Å². The van der Waals surface area contributed by atoms with Gasteiger partial charge >= 0.3 is 0 Å². The van der Waals surface area contributed by atoms with Crippen molar-refractivity contribution in [2.24, 2.45) is 5.92 Å². The van der Waals surface area contributed by atoms with E-state index in [0.717, 1.165) is 53.4 Å². The molecule has 0 bridgehead atoms. The second kappa shape index (κ2) is 7.68. The molecule has 29 heavy (non-hydrogen) atoms. The van der Waals surface area contributed by atoms with E-state index in [-0.39, 0.29) is 5.75 Å². The molecule has 2 aromatic heterocycles. The Kier molecular flexibility index (Phi) is 4.89. The van der Waals surface area contributed by atoms with Crippen LogP contribution in [0.2, 0.25) is 0 Å². The highest BCUT2D eigenvalue weighted by Gasteiger charge is 2.27. The van der Waals surface area contributed by atoms with Gasteiger partial charge in [-0.25, -0.2) is 0 Å². The third-order valence-corrected chi connectivity index (χ3v) is 6.49. The van der Waals surface area contributed by atoms with Crippen molar-refractivity contribution in [1.29, 1.82) is 0 Å². The summed E-state index contributed by atoms with van der Waals surface area (Å²) in [5.41, 5.74) is 2.18. The summed E-state index contributed by atoms with van der Waals surface area (Å²) in [7, 11) is 0. The summed E-state index contributed by atoms with van der Waals surface area (Å²) in [5, 5.41) is 32.8. The number of hydrogen-bond acceptors (Lipinski definition) is 8. The lowest BCUT2D eigenvalue weighted by Gasteiger charge is -2.17. The molecule has 3 aromatic rings. The Balaban J connectivity index is 1.27. The highest BCUT2D eigenvalue weighted by molar-refractivity contribution is 7.14. The highest BCUT2D eigenvalue weighted by Crippen LogP contribution is 2.34. The van der Waals surface area contributed by atoms with Gasteiger partial charge < -0.3 is 15.3 Å². The number of hydrogen-bond donors (Lipinski definition) is 2. The van der Waals surface area contributed by atoms with E-state index in [2.05, 4.69) is 30.6 Å². The molecule has 1 atom stereocenters. The second-order valence-electron chi connectivity index (χ2n) is 7.92. The van der Waals surface area contributed by atoms with Crippen LogP contribution < -0.4 is 10.2 Å². The van der Waals surface area contributed by atoms with Crippen LogP contribution in [-0.4, -0.2) is 51.2 Å². The second-order valence-corrected chi connectivity index (χ2v) is 9.10. The lowest BCUT2D eigenvalue weighted by Crippen LogP contribution is -2.34. The van der Waals surface area contributed by atoms with Gasteiger partial charge in [0.25, 0.3) is 0 Å². The average molecular weight is 409 g/mol. The maximum absolute atomic E-state index is 10.5. The smallest absolute Gasteiger partial charge is 0.151 e. The first-order chi connectivity index (χ1) is 14.2. The Morgan fingerprint density at radius 2 is 2.00 bits per heavy atom. The van der Waals surface area contributed by atoms with Gasteiger partial charge in [0.1, 0.15) is 15.8 Å². The molecule has 1 aliphatic carbocycles. The van der Waals surface area contributed by atoms with Crippen molar-refractivity contribution in [2.45, 2.75) is 32.2 Å². The summed E-state index contributed by atoms with van der Waals surface area (Å²) in [6.45, 7) is 5.03. The van der Waals surface area contributed by atoms with Crippen LogP contribution in [0.25, 0.3) is 21.8 Å². The molecular weight excluding hydrogens is 384 g/mol. The lowest BCUT2D eigenvalue weighted by atomic mass is 10.1. The fraction of sp³-hybridized carbons (Fsp3) is 0.429. The molecule has 1 aromatic carbocycles. The molecular formula is C21H24N6OS. The van der Waals surface area contributed by atoms with Crippen molar-refractivity contribution < 1.29 is 5.11 Å². The standard InChI is InChI=1S/C21H24N6OS/c1-13-23-26-21(29-13)15-4-5-17(19(28)10-15)18-6-7-20(25-24-18)27-9-8-16(12-27)22-11-14-2-3-14/h4-7,10,14,16,22,28H,2-3,8-9,11-12H2,1H3. The minimum Gasteiger partial charge on any atom is -0.507 e. The minimum atomic E-state index is 0.169. The van der Waals surface area contributed by atoms with Gasteiger partial charge in [-0.1, -0.05) is 17.4 Å². The quantitative estimate of drug-likeness (QED) is 0.647.